The van der Waals surface area contributed by atoms with Gasteiger partial charge < -0.3 is 9.64 Å². The highest BCUT2D eigenvalue weighted by Crippen LogP contribution is 2.17. The van der Waals surface area contributed by atoms with Crippen molar-refractivity contribution in [1.29, 1.82) is 0 Å². The quantitative estimate of drug-likeness (QED) is 0.333. The lowest BCUT2D eigenvalue weighted by Gasteiger charge is -2.18. The third-order valence-electron chi connectivity index (χ3n) is 2.34. The van der Waals surface area contributed by atoms with Gasteiger partial charge >= 0.3 is 5.97 Å². The van der Waals surface area contributed by atoms with Crippen molar-refractivity contribution in [2.45, 2.75) is 0 Å². The Morgan fingerprint density at radius 3 is 2.61 bits per heavy atom. The monoisotopic (exact) mass is 250 g/mol. The molecule has 6 nitrogen and oxygen atoms in total. The summed E-state index contributed by atoms with van der Waals surface area (Å²) in [6.45, 7) is 4.02. The van der Waals surface area contributed by atoms with E-state index in [4.69, 9.17) is 4.74 Å². The van der Waals surface area contributed by atoms with E-state index in [2.05, 4.69) is 6.58 Å². The van der Waals surface area contributed by atoms with Crippen LogP contribution in [0.4, 0.5) is 11.4 Å². The number of ether oxygens (including phenoxy) is 1. The number of carbonyl (C=O) groups excluding carboxylic acids is 1. The number of nitro benzene ring substituents is 1. The maximum Gasteiger partial charge on any atom is 0.330 e. The molecule has 0 fully saturated rings. The number of hydrogen-bond acceptors (Lipinski definition) is 5. The lowest BCUT2D eigenvalue weighted by Crippen LogP contribution is -2.23. The van der Waals surface area contributed by atoms with Crippen LogP contribution in [0.1, 0.15) is 0 Å². The molecule has 0 amide bonds. The molecule has 1 aromatic carbocycles. The molecule has 0 aliphatic heterocycles. The second-order valence-corrected chi connectivity index (χ2v) is 3.57. The van der Waals surface area contributed by atoms with Gasteiger partial charge in [-0.2, -0.15) is 0 Å². The number of esters is 1. The van der Waals surface area contributed by atoms with Crippen LogP contribution < -0.4 is 4.90 Å². The lowest BCUT2D eigenvalue weighted by atomic mass is 10.2. The number of likely N-dealkylation sites (N-methyl/N-ethyl adjacent to an activating group) is 1. The molecule has 6 heteroatoms. The van der Waals surface area contributed by atoms with Crippen molar-refractivity contribution >= 4 is 17.3 Å². The Hall–Kier alpha value is -2.37. The Labute approximate surface area is 105 Å². The van der Waals surface area contributed by atoms with Crippen LogP contribution in [-0.4, -0.2) is 31.1 Å². The largest absolute Gasteiger partial charge is 0.461 e. The number of nitro groups is 1. The maximum atomic E-state index is 10.8. The van der Waals surface area contributed by atoms with Crippen LogP contribution in [0.5, 0.6) is 0 Å². The summed E-state index contributed by atoms with van der Waals surface area (Å²) < 4.78 is 4.84. The molecule has 0 saturated carbocycles. The van der Waals surface area contributed by atoms with Gasteiger partial charge in [0.15, 0.2) is 0 Å². The molecule has 0 saturated heterocycles. The summed E-state index contributed by atoms with van der Waals surface area (Å²) in [5.74, 6) is -0.466. The van der Waals surface area contributed by atoms with Crippen molar-refractivity contribution in [1.82, 2.24) is 0 Å². The van der Waals surface area contributed by atoms with Crippen LogP contribution in [0.25, 0.3) is 0 Å². The van der Waals surface area contributed by atoms with Gasteiger partial charge in [-0.1, -0.05) is 6.58 Å². The van der Waals surface area contributed by atoms with E-state index >= 15 is 0 Å². The van der Waals surface area contributed by atoms with Crippen LogP contribution in [0.15, 0.2) is 36.9 Å². The number of rotatable bonds is 6. The van der Waals surface area contributed by atoms with Crippen LogP contribution in [0, 0.1) is 10.1 Å². The van der Waals surface area contributed by atoms with Gasteiger partial charge in [0.2, 0.25) is 0 Å². The first-order chi connectivity index (χ1) is 8.54. The Morgan fingerprint density at radius 2 is 2.11 bits per heavy atom. The molecule has 0 aliphatic carbocycles. The number of non-ortho nitro benzene ring substituents is 1. The molecule has 18 heavy (non-hydrogen) atoms. The zero-order valence-corrected chi connectivity index (χ0v) is 10.0. The predicted octanol–water partition coefficient (Wildman–Crippen LogP) is 1.76. The summed E-state index contributed by atoms with van der Waals surface area (Å²) in [6.07, 6.45) is 1.10. The first kappa shape index (κ1) is 13.7. The second-order valence-electron chi connectivity index (χ2n) is 3.57. The van der Waals surface area contributed by atoms with Gasteiger partial charge in [-0.25, -0.2) is 4.79 Å². The standard InChI is InChI=1S/C12H14N2O4/c1-3-12(15)18-9-8-13(2)10-4-6-11(7-5-10)14(16)17/h3-7H,1,8-9H2,2H3. The van der Waals surface area contributed by atoms with Crippen molar-refractivity contribution in [2.75, 3.05) is 25.1 Å². The molecule has 96 valence electrons. The molecule has 0 spiro atoms. The number of benzene rings is 1. The van der Waals surface area contributed by atoms with E-state index in [1.807, 2.05) is 11.9 Å². The fraction of sp³-hybridized carbons (Fsp3) is 0.250. The van der Waals surface area contributed by atoms with Crippen molar-refractivity contribution in [2.24, 2.45) is 0 Å². The average Bonchev–Trinajstić information content (AvgIpc) is 2.38. The van der Waals surface area contributed by atoms with Gasteiger partial charge in [-0.3, -0.25) is 10.1 Å². The molecule has 0 atom stereocenters. The minimum atomic E-state index is -0.466. The predicted molar refractivity (Wildman–Crippen MR) is 67.5 cm³/mol. The molecular weight excluding hydrogens is 236 g/mol. The first-order valence-corrected chi connectivity index (χ1v) is 5.29. The van der Waals surface area contributed by atoms with E-state index in [1.165, 1.54) is 12.1 Å². The summed E-state index contributed by atoms with van der Waals surface area (Å²) in [5.41, 5.74) is 0.862. The van der Waals surface area contributed by atoms with E-state index in [0.717, 1.165) is 11.8 Å². The normalized spacial score (nSPS) is 9.61. The van der Waals surface area contributed by atoms with E-state index in [9.17, 15) is 14.9 Å². The smallest absolute Gasteiger partial charge is 0.330 e. The first-order valence-electron chi connectivity index (χ1n) is 5.29. The Bertz CT molecular complexity index is 442. The summed E-state index contributed by atoms with van der Waals surface area (Å²) in [5, 5.41) is 10.5. The number of carbonyl (C=O) groups is 1. The van der Waals surface area contributed by atoms with Crippen LogP contribution in [0.2, 0.25) is 0 Å². The molecule has 0 heterocycles. The zero-order chi connectivity index (χ0) is 13.5. The van der Waals surface area contributed by atoms with Crippen molar-refractivity contribution in [3.05, 3.63) is 47.0 Å². The van der Waals surface area contributed by atoms with Gasteiger partial charge in [-0.15, -0.1) is 0 Å². The van der Waals surface area contributed by atoms with Crippen molar-refractivity contribution in [3.8, 4) is 0 Å². The van der Waals surface area contributed by atoms with E-state index in [0.29, 0.717) is 6.54 Å². The van der Waals surface area contributed by atoms with E-state index in [-0.39, 0.29) is 12.3 Å². The van der Waals surface area contributed by atoms with Gasteiger partial charge in [-0.05, 0) is 12.1 Å². The minimum absolute atomic E-state index is 0.0465. The second kappa shape index (κ2) is 6.39. The van der Waals surface area contributed by atoms with E-state index in [1.54, 1.807) is 12.1 Å². The molecule has 0 bridgehead atoms. The number of hydrogen-bond donors (Lipinski definition) is 0. The third-order valence-corrected chi connectivity index (χ3v) is 2.34. The molecule has 1 rings (SSSR count). The van der Waals surface area contributed by atoms with Crippen LogP contribution in [-0.2, 0) is 9.53 Å². The van der Waals surface area contributed by atoms with Crippen molar-refractivity contribution in [3.63, 3.8) is 0 Å². The highest BCUT2D eigenvalue weighted by atomic mass is 16.6. The number of nitrogens with zero attached hydrogens (tertiary/aromatic N) is 2. The molecule has 1 aromatic rings. The lowest BCUT2D eigenvalue weighted by molar-refractivity contribution is -0.384. The molecule has 0 aromatic heterocycles. The summed E-state index contributed by atoms with van der Waals surface area (Å²) in [4.78, 5) is 22.7. The SMILES string of the molecule is C=CC(=O)OCCN(C)c1ccc([N+](=O)[O-])cc1. The molecular formula is C12H14N2O4. The minimum Gasteiger partial charge on any atom is -0.461 e. The van der Waals surface area contributed by atoms with Crippen LogP contribution >= 0.6 is 0 Å². The molecule has 0 aliphatic rings. The van der Waals surface area contributed by atoms with Gasteiger partial charge in [0.1, 0.15) is 6.61 Å². The highest BCUT2D eigenvalue weighted by Gasteiger charge is 2.06. The molecule has 0 N–H and O–H groups in total. The summed E-state index contributed by atoms with van der Waals surface area (Å²) in [6, 6.07) is 6.16. The molecule has 0 radical (unpaired) electrons. The fourth-order valence-corrected chi connectivity index (χ4v) is 1.30. The van der Waals surface area contributed by atoms with Crippen molar-refractivity contribution < 1.29 is 14.5 Å². The number of anilines is 1. The average molecular weight is 250 g/mol. The topological polar surface area (TPSA) is 72.7 Å². The fourth-order valence-electron chi connectivity index (χ4n) is 1.30. The maximum absolute atomic E-state index is 10.8. The molecule has 0 unspecified atom stereocenters. The van der Waals surface area contributed by atoms with Gasteiger partial charge in [0.25, 0.3) is 5.69 Å². The van der Waals surface area contributed by atoms with E-state index < -0.39 is 10.9 Å². The Balaban J connectivity index is 2.51. The summed E-state index contributed by atoms with van der Waals surface area (Å²) >= 11 is 0. The Kier molecular flexibility index (Phi) is 4.86. The van der Waals surface area contributed by atoms with Crippen LogP contribution in [0.3, 0.4) is 0 Å². The Morgan fingerprint density at radius 1 is 1.50 bits per heavy atom. The highest BCUT2D eigenvalue weighted by molar-refractivity contribution is 5.81. The summed E-state index contributed by atoms with van der Waals surface area (Å²) in [7, 11) is 1.81. The van der Waals surface area contributed by atoms with Gasteiger partial charge in [0, 0.05) is 30.9 Å². The zero-order valence-electron chi connectivity index (χ0n) is 10.0. The third kappa shape index (κ3) is 3.89. The van der Waals surface area contributed by atoms with Gasteiger partial charge in [0.05, 0.1) is 11.5 Å².